The lowest BCUT2D eigenvalue weighted by molar-refractivity contribution is 0.0627. The zero-order valence-electron chi connectivity index (χ0n) is 23.2. The predicted molar refractivity (Wildman–Crippen MR) is 148 cm³/mol. The highest BCUT2D eigenvalue weighted by Crippen LogP contribution is 2.31. The number of anilines is 1. The number of nitrogens with two attached hydrogens (primary N) is 1. The number of hydrogen-bond acceptors (Lipinski definition) is 10. The zero-order valence-corrected chi connectivity index (χ0v) is 23.2. The smallest absolute Gasteiger partial charge is 0.267 e. The summed E-state index contributed by atoms with van der Waals surface area (Å²) in [5, 5.41) is 11.3. The van der Waals surface area contributed by atoms with Gasteiger partial charge in [0.25, 0.3) is 5.91 Å². The van der Waals surface area contributed by atoms with E-state index in [1.807, 2.05) is 6.07 Å². The highest BCUT2D eigenvalue weighted by Gasteiger charge is 2.30. The average molecular weight is 551 g/mol. The molecule has 214 valence electrons. The summed E-state index contributed by atoms with van der Waals surface area (Å²) in [4.78, 5) is 28.6. The van der Waals surface area contributed by atoms with Gasteiger partial charge in [-0.3, -0.25) is 9.69 Å². The summed E-state index contributed by atoms with van der Waals surface area (Å²) < 4.78 is 16.8. The first-order valence-corrected chi connectivity index (χ1v) is 13.8. The van der Waals surface area contributed by atoms with Crippen LogP contribution in [0.5, 0.6) is 5.75 Å². The van der Waals surface area contributed by atoms with Crippen LogP contribution in [0.2, 0.25) is 0 Å². The van der Waals surface area contributed by atoms with Crippen molar-refractivity contribution in [3.8, 4) is 5.75 Å². The number of fused-ring (bicyclic) bond motifs is 1. The number of nitrogens with zero attached hydrogens (tertiary/aromatic N) is 5. The highest BCUT2D eigenvalue weighted by molar-refractivity contribution is 5.91. The van der Waals surface area contributed by atoms with Crippen LogP contribution in [0, 0.1) is 6.92 Å². The number of amides is 1. The number of benzene rings is 1. The Hall–Kier alpha value is -3.54. The number of carbonyl (C=O) groups is 1. The number of primary amides is 1. The van der Waals surface area contributed by atoms with Gasteiger partial charge in [-0.2, -0.15) is 0 Å². The number of hydrogen-bond donors (Lipinski definition) is 2. The van der Waals surface area contributed by atoms with E-state index in [1.54, 1.807) is 19.4 Å². The summed E-state index contributed by atoms with van der Waals surface area (Å²) in [6.45, 7) is 4.96. The van der Waals surface area contributed by atoms with E-state index < -0.39 is 12.0 Å². The number of carbonyl (C=O) groups excluding carboxylic acids is 1. The van der Waals surface area contributed by atoms with Crippen molar-refractivity contribution >= 4 is 11.7 Å². The fraction of sp³-hybridized carbons (Fsp3) is 0.517. The van der Waals surface area contributed by atoms with E-state index >= 15 is 0 Å². The summed E-state index contributed by atoms with van der Waals surface area (Å²) in [6, 6.07) is 5.92. The van der Waals surface area contributed by atoms with E-state index in [0.717, 1.165) is 56.5 Å². The molecule has 5 rings (SSSR count). The molecule has 1 aromatic carbocycles. The van der Waals surface area contributed by atoms with Gasteiger partial charge >= 0.3 is 0 Å². The van der Waals surface area contributed by atoms with Gasteiger partial charge in [0.1, 0.15) is 30.2 Å². The molecule has 11 heteroatoms. The first-order valence-electron chi connectivity index (χ1n) is 13.8. The minimum atomic E-state index is -0.612. The van der Waals surface area contributed by atoms with Crippen molar-refractivity contribution in [2.75, 3.05) is 31.6 Å². The van der Waals surface area contributed by atoms with Gasteiger partial charge in [0.2, 0.25) is 0 Å². The predicted octanol–water partition coefficient (Wildman–Crippen LogP) is 2.63. The molecule has 3 N–H and O–H groups in total. The molecule has 0 unspecified atom stereocenters. The van der Waals surface area contributed by atoms with Crippen LogP contribution in [0.25, 0.3) is 0 Å². The average Bonchev–Trinajstić information content (AvgIpc) is 3.49. The Morgan fingerprint density at radius 3 is 2.83 bits per heavy atom. The summed E-state index contributed by atoms with van der Waals surface area (Å²) >= 11 is 0. The third-order valence-electron chi connectivity index (χ3n) is 8.06. The van der Waals surface area contributed by atoms with Gasteiger partial charge in [-0.05, 0) is 61.8 Å². The van der Waals surface area contributed by atoms with Crippen molar-refractivity contribution in [2.24, 2.45) is 5.73 Å². The minimum Gasteiger partial charge on any atom is -0.485 e. The van der Waals surface area contributed by atoms with Crippen LogP contribution in [0.15, 0.2) is 41.5 Å². The molecule has 2 aromatic heterocycles. The number of methoxy groups -OCH3 is 1. The molecule has 3 heterocycles. The number of aliphatic hydroxyl groups is 1. The van der Waals surface area contributed by atoms with Crippen molar-refractivity contribution in [3.63, 3.8) is 0 Å². The molecule has 1 amide bonds. The van der Waals surface area contributed by atoms with Crippen LogP contribution in [0.1, 0.15) is 58.6 Å². The molecule has 0 spiro atoms. The van der Waals surface area contributed by atoms with E-state index in [2.05, 4.69) is 37.7 Å². The summed E-state index contributed by atoms with van der Waals surface area (Å²) in [7, 11) is 1.75. The van der Waals surface area contributed by atoms with Gasteiger partial charge in [0.15, 0.2) is 12.2 Å². The van der Waals surface area contributed by atoms with Gasteiger partial charge in [-0.1, -0.05) is 6.07 Å². The Morgan fingerprint density at radius 1 is 1.27 bits per heavy atom. The maximum atomic E-state index is 11.8. The first kappa shape index (κ1) is 28.0. The van der Waals surface area contributed by atoms with Crippen molar-refractivity contribution in [1.29, 1.82) is 0 Å². The van der Waals surface area contributed by atoms with Crippen LogP contribution in [0.3, 0.4) is 0 Å². The van der Waals surface area contributed by atoms with Gasteiger partial charge in [0, 0.05) is 45.4 Å². The van der Waals surface area contributed by atoms with Crippen molar-refractivity contribution in [3.05, 3.63) is 65.3 Å². The second-order valence-electron chi connectivity index (χ2n) is 10.7. The summed E-state index contributed by atoms with van der Waals surface area (Å²) in [5.74, 6) is 1.55. The molecule has 11 nitrogen and oxygen atoms in total. The van der Waals surface area contributed by atoms with E-state index in [-0.39, 0.29) is 17.8 Å². The van der Waals surface area contributed by atoms with E-state index in [0.29, 0.717) is 31.3 Å². The normalized spacial score (nSPS) is 20.1. The van der Waals surface area contributed by atoms with E-state index in [1.165, 1.54) is 23.8 Å². The Balaban J connectivity index is 1.24. The van der Waals surface area contributed by atoms with Crippen LogP contribution in [-0.4, -0.2) is 75.9 Å². The van der Waals surface area contributed by atoms with Gasteiger partial charge < -0.3 is 29.6 Å². The highest BCUT2D eigenvalue weighted by atomic mass is 16.5. The number of aliphatic hydroxyl groups excluding tert-OH is 1. The summed E-state index contributed by atoms with van der Waals surface area (Å²) in [6.07, 6.45) is 8.65. The molecule has 1 saturated carbocycles. The van der Waals surface area contributed by atoms with Crippen LogP contribution < -0.4 is 15.4 Å². The Bertz CT molecular complexity index is 1280. The van der Waals surface area contributed by atoms with Crippen molar-refractivity contribution in [1.82, 2.24) is 19.9 Å². The van der Waals surface area contributed by atoms with Crippen LogP contribution >= 0.6 is 0 Å². The number of rotatable bonds is 11. The van der Waals surface area contributed by atoms with Crippen molar-refractivity contribution in [2.45, 2.75) is 70.4 Å². The Labute approximate surface area is 234 Å². The van der Waals surface area contributed by atoms with Crippen molar-refractivity contribution < 1.29 is 23.8 Å². The molecule has 40 heavy (non-hydrogen) atoms. The number of aromatic nitrogens is 3. The van der Waals surface area contributed by atoms with Gasteiger partial charge in [0.05, 0.1) is 18.4 Å². The van der Waals surface area contributed by atoms with Gasteiger partial charge in [-0.15, -0.1) is 0 Å². The number of oxazole rings is 1. The third kappa shape index (κ3) is 6.60. The Morgan fingerprint density at radius 2 is 2.10 bits per heavy atom. The lowest BCUT2D eigenvalue weighted by Gasteiger charge is -2.39. The van der Waals surface area contributed by atoms with E-state index in [9.17, 15) is 9.90 Å². The molecule has 1 aliphatic heterocycles. The second-order valence-corrected chi connectivity index (χ2v) is 10.7. The molecular weight excluding hydrogens is 512 g/mol. The second kappa shape index (κ2) is 12.8. The zero-order chi connectivity index (χ0) is 28.1. The molecule has 1 atom stereocenters. The monoisotopic (exact) mass is 550 g/mol. The maximum Gasteiger partial charge on any atom is 0.267 e. The lowest BCUT2D eigenvalue weighted by atomic mass is 9.91. The molecule has 1 aliphatic carbocycles. The lowest BCUT2D eigenvalue weighted by Crippen LogP contribution is -2.47. The molecule has 3 aromatic rings. The largest absolute Gasteiger partial charge is 0.485 e. The van der Waals surface area contributed by atoms with Crippen LogP contribution in [-0.2, 0) is 24.3 Å². The summed E-state index contributed by atoms with van der Waals surface area (Å²) in [5.41, 5.74) is 9.35. The van der Waals surface area contributed by atoms with Gasteiger partial charge in [-0.25, -0.2) is 15.0 Å². The third-order valence-corrected chi connectivity index (χ3v) is 8.06. The molecule has 0 bridgehead atoms. The molecular formula is C29H38N6O5. The van der Waals surface area contributed by atoms with E-state index in [4.69, 9.17) is 19.6 Å². The SMILES string of the molecule is COC1CCC(N(C[C@@H](O)CN2CCc3c(ccc(OCc4cnco4)c3C)C2)c2cc(C(N)=O)ncn2)CC1. The molecule has 0 saturated heterocycles. The standard InChI is InChI=1S/C29H38N6O5/c1-19-25-9-10-34(13-20(25)3-8-27(19)39-16-24-12-31-18-40-24)14-22(36)15-35(21-4-6-23(38-2)7-5-21)28-11-26(29(30)37)32-17-33-28/h3,8,11-12,17-18,21-23,36H,4-7,9-10,13-16H2,1-2H3,(H2,30,37)/t21?,22-,23?/m0/s1. The topological polar surface area (TPSA) is 140 Å². The minimum absolute atomic E-state index is 0.169. The maximum absolute atomic E-state index is 11.8. The first-order chi connectivity index (χ1) is 19.4. The molecule has 0 radical (unpaired) electrons. The number of β-amino-alcohol motifs (C(OH)–C–C–N with tert-alkyl or cyclic N) is 1. The Kier molecular flexibility index (Phi) is 8.93. The van der Waals surface area contributed by atoms with Crippen LogP contribution in [0.4, 0.5) is 5.82 Å². The fourth-order valence-electron chi connectivity index (χ4n) is 5.90. The number of ether oxygens (including phenoxy) is 2. The fourth-order valence-corrected chi connectivity index (χ4v) is 5.90. The molecule has 1 fully saturated rings. The quantitative estimate of drug-likeness (QED) is 0.366. The molecule has 2 aliphatic rings.